The molecule has 0 aromatic heterocycles. The molecule has 0 bridgehead atoms. The predicted octanol–water partition coefficient (Wildman–Crippen LogP) is 1.34. The fourth-order valence-electron chi connectivity index (χ4n) is 1.44. The Bertz CT molecular complexity index is 401. The van der Waals surface area contributed by atoms with E-state index in [1.165, 1.54) is 0 Å². The molecular weight excluding hydrogens is 216 g/mol. The van der Waals surface area contributed by atoms with E-state index in [4.69, 9.17) is 0 Å². The van der Waals surface area contributed by atoms with E-state index in [1.807, 2.05) is 37.3 Å². The Morgan fingerprint density at radius 1 is 1.35 bits per heavy atom. The minimum atomic E-state index is -0.345. The van der Waals surface area contributed by atoms with Crippen molar-refractivity contribution in [2.45, 2.75) is 6.92 Å². The SMILES string of the molecule is C=CC(=O)NCC(=O)N(CC)c1ccccc1. The number of benzene rings is 1. The number of nitrogens with one attached hydrogen (secondary N) is 1. The second-order valence-corrected chi connectivity index (χ2v) is 3.40. The first kappa shape index (κ1) is 13.0. The summed E-state index contributed by atoms with van der Waals surface area (Å²) in [6, 6.07) is 9.34. The lowest BCUT2D eigenvalue weighted by atomic mass is 10.3. The third-order valence-electron chi connectivity index (χ3n) is 2.28. The molecule has 0 saturated carbocycles. The van der Waals surface area contributed by atoms with Gasteiger partial charge in [-0.3, -0.25) is 9.59 Å². The van der Waals surface area contributed by atoms with Crippen LogP contribution in [0.2, 0.25) is 0 Å². The average Bonchev–Trinajstić information content (AvgIpc) is 2.38. The smallest absolute Gasteiger partial charge is 0.246 e. The molecule has 1 aromatic rings. The van der Waals surface area contributed by atoms with Crippen LogP contribution in [0.5, 0.6) is 0 Å². The summed E-state index contributed by atoms with van der Waals surface area (Å²) in [5.74, 6) is -0.489. The summed E-state index contributed by atoms with van der Waals surface area (Å²) in [4.78, 5) is 24.5. The van der Waals surface area contributed by atoms with E-state index in [0.717, 1.165) is 11.8 Å². The fourth-order valence-corrected chi connectivity index (χ4v) is 1.44. The number of para-hydroxylation sites is 1. The van der Waals surface area contributed by atoms with Gasteiger partial charge in [0, 0.05) is 12.2 Å². The van der Waals surface area contributed by atoms with Crippen LogP contribution in [0.3, 0.4) is 0 Å². The van der Waals surface area contributed by atoms with Crippen LogP contribution in [0, 0.1) is 0 Å². The van der Waals surface area contributed by atoms with Crippen LogP contribution >= 0.6 is 0 Å². The standard InChI is InChI=1S/C13H16N2O2/c1-3-12(16)14-10-13(17)15(4-2)11-8-6-5-7-9-11/h3,5-9H,1,4,10H2,2H3,(H,14,16). The number of rotatable bonds is 5. The van der Waals surface area contributed by atoms with Gasteiger partial charge >= 0.3 is 0 Å². The Labute approximate surface area is 101 Å². The van der Waals surface area contributed by atoms with Crippen LogP contribution in [0.4, 0.5) is 5.69 Å². The molecule has 0 heterocycles. The first-order valence-corrected chi connectivity index (χ1v) is 5.44. The summed E-state index contributed by atoms with van der Waals surface area (Å²) < 4.78 is 0. The number of amides is 2. The van der Waals surface area contributed by atoms with Crippen LogP contribution in [0.25, 0.3) is 0 Å². The molecule has 90 valence electrons. The molecule has 0 unspecified atom stereocenters. The molecule has 4 nitrogen and oxygen atoms in total. The molecule has 17 heavy (non-hydrogen) atoms. The predicted molar refractivity (Wildman–Crippen MR) is 67.7 cm³/mol. The van der Waals surface area contributed by atoms with Crippen molar-refractivity contribution in [1.29, 1.82) is 0 Å². The van der Waals surface area contributed by atoms with E-state index < -0.39 is 0 Å². The number of hydrogen-bond donors (Lipinski definition) is 1. The van der Waals surface area contributed by atoms with E-state index >= 15 is 0 Å². The first-order valence-electron chi connectivity index (χ1n) is 5.44. The van der Waals surface area contributed by atoms with Gasteiger partial charge in [-0.1, -0.05) is 24.8 Å². The van der Waals surface area contributed by atoms with Gasteiger partial charge in [-0.25, -0.2) is 0 Å². The third kappa shape index (κ3) is 3.75. The summed E-state index contributed by atoms with van der Waals surface area (Å²) in [5.41, 5.74) is 0.827. The van der Waals surface area contributed by atoms with Crippen molar-refractivity contribution in [2.75, 3.05) is 18.0 Å². The lowest BCUT2D eigenvalue weighted by Gasteiger charge is -2.20. The highest BCUT2D eigenvalue weighted by atomic mass is 16.2. The molecule has 0 spiro atoms. The fraction of sp³-hybridized carbons (Fsp3) is 0.231. The molecule has 2 amide bonds. The molecule has 0 radical (unpaired) electrons. The molecule has 4 heteroatoms. The normalized spacial score (nSPS) is 9.47. The Hall–Kier alpha value is -2.10. The van der Waals surface area contributed by atoms with Crippen LogP contribution in [-0.4, -0.2) is 24.9 Å². The minimum absolute atomic E-state index is 0.0203. The first-order chi connectivity index (χ1) is 8.19. The Morgan fingerprint density at radius 2 is 2.00 bits per heavy atom. The van der Waals surface area contributed by atoms with Crippen molar-refractivity contribution < 1.29 is 9.59 Å². The minimum Gasteiger partial charge on any atom is -0.343 e. The second-order valence-electron chi connectivity index (χ2n) is 3.40. The van der Waals surface area contributed by atoms with Gasteiger partial charge in [0.25, 0.3) is 0 Å². The maximum atomic E-state index is 11.9. The van der Waals surface area contributed by atoms with Gasteiger partial charge in [0.1, 0.15) is 0 Å². The van der Waals surface area contributed by atoms with Gasteiger partial charge in [0.15, 0.2) is 0 Å². The number of carbonyl (C=O) groups excluding carboxylic acids is 2. The molecule has 0 aliphatic carbocycles. The van der Waals surface area contributed by atoms with Crippen molar-refractivity contribution in [3.8, 4) is 0 Å². The quantitative estimate of drug-likeness (QED) is 0.779. The van der Waals surface area contributed by atoms with Gasteiger partial charge in [0.05, 0.1) is 6.54 Å². The van der Waals surface area contributed by atoms with Crippen molar-refractivity contribution in [3.05, 3.63) is 43.0 Å². The Balaban J connectivity index is 2.65. The second kappa shape index (κ2) is 6.48. The molecule has 0 atom stereocenters. The number of likely N-dealkylation sites (N-methyl/N-ethyl adjacent to an activating group) is 1. The van der Waals surface area contributed by atoms with Crippen LogP contribution in [0.1, 0.15) is 6.92 Å². The molecule has 0 aliphatic rings. The summed E-state index contributed by atoms with van der Waals surface area (Å²) in [6.07, 6.45) is 1.14. The summed E-state index contributed by atoms with van der Waals surface area (Å²) in [6.45, 7) is 5.76. The van der Waals surface area contributed by atoms with Crippen LogP contribution < -0.4 is 10.2 Å². The van der Waals surface area contributed by atoms with Crippen LogP contribution in [-0.2, 0) is 9.59 Å². The van der Waals surface area contributed by atoms with Gasteiger partial charge in [-0.05, 0) is 25.1 Å². The maximum absolute atomic E-state index is 11.9. The van der Waals surface area contributed by atoms with Gasteiger partial charge in [-0.15, -0.1) is 0 Å². The van der Waals surface area contributed by atoms with E-state index in [-0.39, 0.29) is 18.4 Å². The zero-order chi connectivity index (χ0) is 12.7. The Morgan fingerprint density at radius 3 is 2.53 bits per heavy atom. The molecular formula is C13H16N2O2. The highest BCUT2D eigenvalue weighted by Gasteiger charge is 2.13. The molecule has 1 N–H and O–H groups in total. The monoisotopic (exact) mass is 232 g/mol. The zero-order valence-electron chi connectivity index (χ0n) is 9.85. The average molecular weight is 232 g/mol. The largest absolute Gasteiger partial charge is 0.343 e. The number of nitrogens with zero attached hydrogens (tertiary/aromatic N) is 1. The van der Waals surface area contributed by atoms with E-state index in [2.05, 4.69) is 11.9 Å². The number of anilines is 1. The van der Waals surface area contributed by atoms with Gasteiger partial charge in [-0.2, -0.15) is 0 Å². The Kier molecular flexibility index (Phi) is 4.94. The van der Waals surface area contributed by atoms with E-state index in [9.17, 15) is 9.59 Å². The van der Waals surface area contributed by atoms with Gasteiger partial charge < -0.3 is 10.2 Å². The highest BCUT2D eigenvalue weighted by molar-refractivity contribution is 5.98. The summed E-state index contributed by atoms with van der Waals surface area (Å²) in [7, 11) is 0. The molecule has 0 saturated heterocycles. The molecule has 1 rings (SSSR count). The lowest BCUT2D eigenvalue weighted by molar-refractivity contribution is -0.122. The molecule has 1 aromatic carbocycles. The van der Waals surface area contributed by atoms with Crippen molar-refractivity contribution in [2.24, 2.45) is 0 Å². The number of carbonyl (C=O) groups is 2. The van der Waals surface area contributed by atoms with E-state index in [1.54, 1.807) is 4.90 Å². The summed E-state index contributed by atoms with van der Waals surface area (Å²) in [5, 5.41) is 2.47. The van der Waals surface area contributed by atoms with Crippen molar-refractivity contribution in [1.82, 2.24) is 5.32 Å². The van der Waals surface area contributed by atoms with E-state index in [0.29, 0.717) is 6.54 Å². The van der Waals surface area contributed by atoms with Crippen molar-refractivity contribution >= 4 is 17.5 Å². The summed E-state index contributed by atoms with van der Waals surface area (Å²) >= 11 is 0. The van der Waals surface area contributed by atoms with Gasteiger partial charge in [0.2, 0.25) is 11.8 Å². The maximum Gasteiger partial charge on any atom is 0.246 e. The molecule has 0 fully saturated rings. The highest BCUT2D eigenvalue weighted by Crippen LogP contribution is 2.12. The van der Waals surface area contributed by atoms with Crippen molar-refractivity contribution in [3.63, 3.8) is 0 Å². The van der Waals surface area contributed by atoms with Crippen LogP contribution in [0.15, 0.2) is 43.0 Å². The lowest BCUT2D eigenvalue weighted by Crippen LogP contribution is -2.39. The number of hydrogen-bond acceptors (Lipinski definition) is 2. The topological polar surface area (TPSA) is 49.4 Å². The molecule has 0 aliphatic heterocycles. The zero-order valence-corrected chi connectivity index (χ0v) is 9.85. The third-order valence-corrected chi connectivity index (χ3v) is 2.28.